The molecule has 0 aliphatic heterocycles. The lowest BCUT2D eigenvalue weighted by molar-refractivity contribution is -0.137. The molecule has 0 fully saturated rings. The molecule has 0 bridgehead atoms. The Morgan fingerprint density at radius 3 is 2.45 bits per heavy atom. The molecule has 0 aliphatic carbocycles. The van der Waals surface area contributed by atoms with E-state index in [1.54, 1.807) is 6.08 Å². The molecule has 0 radical (unpaired) electrons. The van der Waals surface area contributed by atoms with E-state index in [4.69, 9.17) is 4.74 Å². The number of benzene rings is 2. The maximum Gasteiger partial charge on any atom is 0.416 e. The minimum absolute atomic E-state index is 0.195. The van der Waals surface area contributed by atoms with E-state index >= 15 is 0 Å². The van der Waals surface area contributed by atoms with Crippen LogP contribution in [0.2, 0.25) is 0 Å². The van der Waals surface area contributed by atoms with E-state index in [0.29, 0.717) is 5.56 Å². The smallest absolute Gasteiger partial charge is 0.416 e. The van der Waals surface area contributed by atoms with Crippen molar-refractivity contribution >= 4 is 6.08 Å². The van der Waals surface area contributed by atoms with E-state index in [1.807, 2.05) is 24.3 Å². The van der Waals surface area contributed by atoms with Crippen LogP contribution in [0.5, 0.6) is 5.75 Å². The predicted octanol–water partition coefficient (Wildman–Crippen LogP) is 5.02. The summed E-state index contributed by atoms with van der Waals surface area (Å²) in [5.74, 6) is 0.195. The predicted molar refractivity (Wildman–Crippen MR) is 73.5 cm³/mol. The molecule has 104 valence electrons. The Hall–Kier alpha value is -2.23. The average molecular weight is 278 g/mol. The second-order valence-electron chi connectivity index (χ2n) is 4.24. The van der Waals surface area contributed by atoms with Gasteiger partial charge in [0.2, 0.25) is 0 Å². The highest BCUT2D eigenvalue weighted by Gasteiger charge is 2.31. The summed E-state index contributed by atoms with van der Waals surface area (Å²) in [6, 6.07) is 10.8. The molecule has 1 nitrogen and oxygen atoms in total. The molecule has 0 saturated heterocycles. The third kappa shape index (κ3) is 2.85. The van der Waals surface area contributed by atoms with Gasteiger partial charge in [-0.3, -0.25) is 0 Å². The Balaban J connectivity index is 2.54. The first-order valence-electron chi connectivity index (χ1n) is 5.94. The molecule has 20 heavy (non-hydrogen) atoms. The van der Waals surface area contributed by atoms with Crippen LogP contribution in [0.15, 0.2) is 49.0 Å². The molecular weight excluding hydrogens is 265 g/mol. The number of methoxy groups -OCH3 is 1. The Morgan fingerprint density at radius 1 is 1.10 bits per heavy atom. The second kappa shape index (κ2) is 5.41. The van der Waals surface area contributed by atoms with Gasteiger partial charge in [0.05, 0.1) is 12.7 Å². The molecule has 4 heteroatoms. The first-order valence-corrected chi connectivity index (χ1v) is 5.94. The lowest BCUT2D eigenvalue weighted by Crippen LogP contribution is -2.05. The van der Waals surface area contributed by atoms with E-state index < -0.39 is 11.7 Å². The molecule has 2 aromatic carbocycles. The van der Waals surface area contributed by atoms with Gasteiger partial charge in [-0.1, -0.05) is 36.9 Å². The van der Waals surface area contributed by atoms with Gasteiger partial charge in [-0.2, -0.15) is 13.2 Å². The van der Waals surface area contributed by atoms with Crippen molar-refractivity contribution in [3.63, 3.8) is 0 Å². The number of alkyl halides is 3. The first kappa shape index (κ1) is 14.2. The summed E-state index contributed by atoms with van der Waals surface area (Å²) in [5.41, 5.74) is 1.57. The quantitative estimate of drug-likeness (QED) is 0.765. The summed E-state index contributed by atoms with van der Waals surface area (Å²) in [7, 11) is 1.36. The zero-order valence-electron chi connectivity index (χ0n) is 10.9. The highest BCUT2D eigenvalue weighted by Crippen LogP contribution is 2.37. The lowest BCUT2D eigenvalue weighted by atomic mass is 10.0. The van der Waals surface area contributed by atoms with E-state index in [1.165, 1.54) is 13.2 Å². The monoisotopic (exact) mass is 278 g/mol. The van der Waals surface area contributed by atoms with E-state index in [0.717, 1.165) is 23.3 Å². The Labute approximate surface area is 115 Å². The van der Waals surface area contributed by atoms with Crippen LogP contribution in [-0.4, -0.2) is 7.11 Å². The van der Waals surface area contributed by atoms with E-state index in [-0.39, 0.29) is 5.75 Å². The van der Waals surface area contributed by atoms with E-state index in [9.17, 15) is 13.2 Å². The fraction of sp³-hybridized carbons (Fsp3) is 0.125. The fourth-order valence-electron chi connectivity index (χ4n) is 1.94. The van der Waals surface area contributed by atoms with Crippen LogP contribution in [-0.2, 0) is 6.18 Å². The van der Waals surface area contributed by atoms with Gasteiger partial charge in [0.1, 0.15) is 5.75 Å². The highest BCUT2D eigenvalue weighted by atomic mass is 19.4. The van der Waals surface area contributed by atoms with Crippen LogP contribution in [0.1, 0.15) is 11.1 Å². The van der Waals surface area contributed by atoms with Gasteiger partial charge in [0, 0.05) is 5.56 Å². The van der Waals surface area contributed by atoms with Gasteiger partial charge in [-0.25, -0.2) is 0 Å². The van der Waals surface area contributed by atoms with Crippen LogP contribution < -0.4 is 4.74 Å². The number of halogens is 3. The maximum absolute atomic E-state index is 12.7. The number of hydrogen-bond donors (Lipinski definition) is 0. The van der Waals surface area contributed by atoms with Crippen LogP contribution >= 0.6 is 0 Å². The number of rotatable bonds is 3. The van der Waals surface area contributed by atoms with Gasteiger partial charge in [-0.15, -0.1) is 0 Å². The molecular formula is C16H13F3O. The van der Waals surface area contributed by atoms with Crippen molar-refractivity contribution in [2.45, 2.75) is 6.18 Å². The van der Waals surface area contributed by atoms with Crippen LogP contribution in [0.3, 0.4) is 0 Å². The minimum Gasteiger partial charge on any atom is -0.496 e. The van der Waals surface area contributed by atoms with Crippen LogP contribution in [0.4, 0.5) is 13.2 Å². The van der Waals surface area contributed by atoms with E-state index in [2.05, 4.69) is 6.58 Å². The van der Waals surface area contributed by atoms with Gasteiger partial charge in [0.15, 0.2) is 0 Å². The van der Waals surface area contributed by atoms with Gasteiger partial charge in [0.25, 0.3) is 0 Å². The summed E-state index contributed by atoms with van der Waals surface area (Å²) >= 11 is 0. The molecule has 0 heterocycles. The summed E-state index contributed by atoms with van der Waals surface area (Å²) in [4.78, 5) is 0. The molecule has 0 aromatic heterocycles. The Kier molecular flexibility index (Phi) is 3.84. The Bertz CT molecular complexity index is 630. The van der Waals surface area contributed by atoms with Gasteiger partial charge in [-0.05, 0) is 29.3 Å². The zero-order chi connectivity index (χ0) is 14.8. The summed E-state index contributed by atoms with van der Waals surface area (Å²) in [6.07, 6.45) is -2.70. The standard InChI is InChI=1S/C16H13F3O/c1-3-11-5-4-6-12(9-11)14-8-7-13(16(17,18)19)10-15(14)20-2/h3-10H,1H2,2H3. The summed E-state index contributed by atoms with van der Waals surface area (Å²) in [5, 5.41) is 0. The Morgan fingerprint density at radius 2 is 1.85 bits per heavy atom. The van der Waals surface area contributed by atoms with Gasteiger partial charge >= 0.3 is 6.18 Å². The van der Waals surface area contributed by atoms with Crippen molar-refractivity contribution in [1.29, 1.82) is 0 Å². The maximum atomic E-state index is 12.7. The molecule has 0 atom stereocenters. The van der Waals surface area contributed by atoms with Crippen molar-refractivity contribution < 1.29 is 17.9 Å². The second-order valence-corrected chi connectivity index (χ2v) is 4.24. The third-order valence-electron chi connectivity index (χ3n) is 2.96. The van der Waals surface area contributed by atoms with Crippen molar-refractivity contribution in [3.8, 4) is 16.9 Å². The molecule has 0 aliphatic rings. The fourth-order valence-corrected chi connectivity index (χ4v) is 1.94. The SMILES string of the molecule is C=Cc1cccc(-c2ccc(C(F)(F)F)cc2OC)c1. The lowest BCUT2D eigenvalue weighted by Gasteiger charge is -2.13. The molecule has 0 N–H and O–H groups in total. The van der Waals surface area contributed by atoms with Crippen molar-refractivity contribution in [2.24, 2.45) is 0 Å². The number of ether oxygens (including phenoxy) is 1. The number of hydrogen-bond acceptors (Lipinski definition) is 1. The summed E-state index contributed by atoms with van der Waals surface area (Å²) < 4.78 is 43.1. The van der Waals surface area contributed by atoms with Crippen molar-refractivity contribution in [1.82, 2.24) is 0 Å². The largest absolute Gasteiger partial charge is 0.496 e. The van der Waals surface area contributed by atoms with Crippen LogP contribution in [0.25, 0.3) is 17.2 Å². The highest BCUT2D eigenvalue weighted by molar-refractivity contribution is 5.73. The molecule has 0 spiro atoms. The van der Waals surface area contributed by atoms with Gasteiger partial charge < -0.3 is 4.74 Å². The summed E-state index contributed by atoms with van der Waals surface area (Å²) in [6.45, 7) is 3.67. The van der Waals surface area contributed by atoms with Crippen molar-refractivity contribution in [2.75, 3.05) is 7.11 Å². The normalized spacial score (nSPS) is 11.2. The molecule has 2 aromatic rings. The average Bonchev–Trinajstić information content (AvgIpc) is 2.45. The molecule has 0 amide bonds. The topological polar surface area (TPSA) is 9.23 Å². The van der Waals surface area contributed by atoms with Crippen LogP contribution in [0, 0.1) is 0 Å². The van der Waals surface area contributed by atoms with Crippen molar-refractivity contribution in [3.05, 3.63) is 60.2 Å². The third-order valence-corrected chi connectivity index (χ3v) is 2.96. The minimum atomic E-state index is -4.38. The molecule has 2 rings (SSSR count). The molecule has 0 saturated carbocycles. The first-order chi connectivity index (χ1) is 9.45. The zero-order valence-corrected chi connectivity index (χ0v) is 10.9. The molecule has 0 unspecified atom stereocenters.